The Morgan fingerprint density at radius 2 is 0.851 bits per heavy atom. The number of halogens is 1. The van der Waals surface area contributed by atoms with Gasteiger partial charge in [0.05, 0.1) is 32.6 Å². The van der Waals surface area contributed by atoms with Crippen molar-refractivity contribution in [3.05, 3.63) is 150 Å². The summed E-state index contributed by atoms with van der Waals surface area (Å²) in [6.07, 6.45) is 0.812. The van der Waals surface area contributed by atoms with Crippen molar-refractivity contribution in [3.63, 3.8) is 0 Å². The van der Waals surface area contributed by atoms with Crippen LogP contribution in [0.1, 0.15) is 34.0 Å². The molecule has 74 heavy (non-hydrogen) atoms. The van der Waals surface area contributed by atoms with Gasteiger partial charge in [0.1, 0.15) is 0 Å². The first-order valence-corrected chi connectivity index (χ1v) is 25.0. The Labute approximate surface area is 416 Å². The molecule has 0 atom stereocenters. The molecule has 0 fully saturated rings. The molecule has 1 aliphatic rings. The molecule has 0 spiro atoms. The van der Waals surface area contributed by atoms with Crippen LogP contribution in [-0.2, 0) is 34.1 Å². The predicted molar refractivity (Wildman–Crippen MR) is 298 cm³/mol. The Kier molecular flexibility index (Phi) is 6.29. The van der Waals surface area contributed by atoms with Gasteiger partial charge in [-0.3, -0.25) is 47.3 Å². The minimum atomic E-state index is -0.536. The Morgan fingerprint density at radius 3 is 1.42 bits per heavy atom. The number of carbonyl (C=O) groups is 1. The van der Waals surface area contributed by atoms with Crippen LogP contribution in [0, 0.1) is 6.92 Å². The first-order chi connectivity index (χ1) is 35.6. The fraction of sp³-hybridized carbons (Fsp3) is 0.131. The number of carbonyl (C=O) groups excluding carboxylic acids is 1. The highest BCUT2D eigenvalue weighted by Gasteiger charge is 2.38. The second-order valence-electron chi connectivity index (χ2n) is 21.4. The van der Waals surface area contributed by atoms with Crippen LogP contribution in [0.25, 0.3) is 168 Å². The molecule has 17 aromatic rings. The van der Waals surface area contributed by atoms with Crippen molar-refractivity contribution in [2.24, 2.45) is 21.1 Å². The van der Waals surface area contributed by atoms with Crippen LogP contribution in [0.5, 0.6) is 0 Å². The number of nitrogens with zero attached hydrogens (tertiary/aromatic N) is 5. The number of pyridine rings is 3. The van der Waals surface area contributed by atoms with Gasteiger partial charge in [-0.2, -0.15) is 0 Å². The first-order valence-electron chi connectivity index (χ1n) is 24.7. The van der Waals surface area contributed by atoms with Crippen molar-refractivity contribution in [3.8, 4) is 5.69 Å². The molecule has 5 heterocycles. The van der Waals surface area contributed by atoms with E-state index in [1.165, 1.54) is 25.7 Å². The third-order valence-corrected chi connectivity index (χ3v) is 18.5. The van der Waals surface area contributed by atoms with Gasteiger partial charge >= 0.3 is 0 Å². The molecule has 13 heteroatoms. The van der Waals surface area contributed by atoms with E-state index in [2.05, 4.69) is 29.7 Å². The van der Waals surface area contributed by atoms with Crippen molar-refractivity contribution in [2.75, 3.05) is 7.05 Å². The normalized spacial score (nSPS) is 14.2. The molecule has 18 rings (SSSR count). The van der Waals surface area contributed by atoms with Crippen LogP contribution < -0.4 is 33.4 Å². The van der Waals surface area contributed by atoms with Crippen LogP contribution in [0.4, 0.5) is 0 Å². The third kappa shape index (κ3) is 3.72. The van der Waals surface area contributed by atoms with E-state index < -0.39 is 33.4 Å². The quantitative estimate of drug-likeness (QED) is 0.124. The number of hydrogen-bond donors (Lipinski definition) is 0. The summed E-state index contributed by atoms with van der Waals surface area (Å²) in [5.74, 6) is -0.191. The smallest absolute Gasteiger partial charge is 0.261 e. The highest BCUT2D eigenvalue weighted by molar-refractivity contribution is 6.63. The van der Waals surface area contributed by atoms with Crippen LogP contribution >= 0.6 is 11.6 Å². The van der Waals surface area contributed by atoms with Gasteiger partial charge in [-0.1, -0.05) is 30.7 Å². The van der Waals surface area contributed by atoms with Crippen molar-refractivity contribution in [1.82, 2.24) is 23.2 Å². The molecule has 0 N–H and O–H groups in total. The molecule has 13 aromatic carbocycles. The largest absolute Gasteiger partial charge is 0.337 e. The summed E-state index contributed by atoms with van der Waals surface area (Å²) in [6.45, 7) is 4.30. The molecule has 4 aromatic heterocycles. The molecule has 0 saturated heterocycles. The first kappa shape index (κ1) is 39.6. The molecule has 350 valence electrons. The second-order valence-corrected chi connectivity index (χ2v) is 21.8. The number of rotatable bonds is 2. The average Bonchev–Trinajstić information content (AvgIpc) is 3.77. The minimum Gasteiger partial charge on any atom is -0.337 e. The van der Waals surface area contributed by atoms with Crippen molar-refractivity contribution >= 4 is 179 Å². The molecular weight excluding hydrogens is 950 g/mol. The number of aryl methyl sites for hydroxylation is 2. The van der Waals surface area contributed by atoms with E-state index in [1.807, 2.05) is 43.3 Å². The van der Waals surface area contributed by atoms with Gasteiger partial charge < -0.3 is 9.47 Å². The van der Waals surface area contributed by atoms with E-state index in [0.717, 1.165) is 75.6 Å². The van der Waals surface area contributed by atoms with E-state index >= 15 is 14.4 Å². The number of benzene rings is 13. The van der Waals surface area contributed by atoms with E-state index in [9.17, 15) is 19.2 Å². The molecule has 0 saturated carbocycles. The lowest BCUT2D eigenvalue weighted by Gasteiger charge is -2.31. The standard InChI is InChI=1S/C61H32ClN5O7/c1-7-20-8-10-22(11-9-20)67-31-16-28-35-26(57(70)64(4)58(28)71)14-24-37-47(35)43(31)44-32(67)17-29-41-48(44)50(37)51-38(53(41)60(73)66(6)59(29)72)23-13-21-18-63(3)55(68)27-15-30(62)42-33-19(2)12-25-40-45(33)49(36(23)46(42)34(21)27)52(51)39(24)54(40)61(74)65(5)56(25)69/h8-17H,7,18H2,1-6H3. The van der Waals surface area contributed by atoms with Crippen LogP contribution in [0.15, 0.2) is 89.4 Å². The molecular formula is C61H32ClN5O7. The van der Waals surface area contributed by atoms with Crippen molar-refractivity contribution < 1.29 is 4.79 Å². The molecule has 1 amide bonds. The van der Waals surface area contributed by atoms with Crippen LogP contribution in [0.3, 0.4) is 0 Å². The Morgan fingerprint density at radius 1 is 0.419 bits per heavy atom. The maximum Gasteiger partial charge on any atom is 0.261 e. The van der Waals surface area contributed by atoms with Crippen LogP contribution in [-0.4, -0.2) is 36.1 Å². The highest BCUT2D eigenvalue weighted by atomic mass is 35.5. The Hall–Kier alpha value is -9.00. The topological polar surface area (TPSA) is 142 Å². The maximum atomic E-state index is 15.7. The summed E-state index contributed by atoms with van der Waals surface area (Å²) in [6, 6.07) is 19.5. The van der Waals surface area contributed by atoms with E-state index in [4.69, 9.17) is 11.6 Å². The second kappa shape index (κ2) is 11.8. The summed E-state index contributed by atoms with van der Waals surface area (Å²) in [5.41, 5.74) is 2.40. The van der Waals surface area contributed by atoms with E-state index in [-0.39, 0.29) is 23.2 Å². The van der Waals surface area contributed by atoms with E-state index in [0.29, 0.717) is 124 Å². The highest BCUT2D eigenvalue weighted by Crippen LogP contribution is 2.62. The zero-order valence-electron chi connectivity index (χ0n) is 40.2. The SMILES string of the molecule is CCc1ccc(-n2c3cc4c(=O)n(C)c(=O)c5cc6c7c8c(=O)n(C)c(=O)c9cc(C)c%10c%11c(Cl)cc%12c%13c(cc%14c%15c%16c(=O)n(C)c(=O)c%17cc2c2c(c%17%16)c(c6c(c54)c23)c%15c7c(c%14c%13%11)c%10c98)CN(C)C%12=O)cc1. The summed E-state index contributed by atoms with van der Waals surface area (Å²) >= 11 is 7.55. The Balaban J connectivity index is 1.32. The van der Waals surface area contributed by atoms with Gasteiger partial charge in [0, 0.05) is 143 Å². The summed E-state index contributed by atoms with van der Waals surface area (Å²) in [4.78, 5) is 107. The lowest BCUT2D eigenvalue weighted by molar-refractivity contribution is 0.0780. The lowest BCUT2D eigenvalue weighted by atomic mass is 9.73. The number of fused-ring (bicyclic) bond motifs is 5. The van der Waals surface area contributed by atoms with Gasteiger partial charge in [-0.15, -0.1) is 0 Å². The lowest BCUT2D eigenvalue weighted by Crippen LogP contribution is -2.31. The zero-order chi connectivity index (χ0) is 50.2. The fourth-order valence-electron chi connectivity index (χ4n) is 15.2. The fourth-order valence-corrected chi connectivity index (χ4v) is 15.5. The molecule has 12 nitrogen and oxygen atoms in total. The summed E-state index contributed by atoms with van der Waals surface area (Å²) in [7, 11) is 6.24. The van der Waals surface area contributed by atoms with Gasteiger partial charge in [-0.05, 0) is 116 Å². The summed E-state index contributed by atoms with van der Waals surface area (Å²) in [5, 5.41) is 16.7. The number of aromatic nitrogens is 4. The zero-order valence-corrected chi connectivity index (χ0v) is 40.9. The summed E-state index contributed by atoms with van der Waals surface area (Å²) < 4.78 is 5.58. The minimum absolute atomic E-state index is 0.191. The van der Waals surface area contributed by atoms with E-state index in [1.54, 1.807) is 18.0 Å². The molecule has 1 aliphatic heterocycles. The molecule has 0 bridgehead atoms. The average molecular weight is 982 g/mol. The van der Waals surface area contributed by atoms with Crippen LogP contribution in [0.2, 0.25) is 5.02 Å². The maximum absolute atomic E-state index is 15.7. The number of amides is 1. The third-order valence-electron chi connectivity index (χ3n) is 18.2. The van der Waals surface area contributed by atoms with Crippen molar-refractivity contribution in [1.29, 1.82) is 0 Å². The number of hydrogen-bond acceptors (Lipinski definition) is 7. The Bertz CT molecular complexity index is 6030. The predicted octanol–water partition coefficient (Wildman–Crippen LogP) is 10.0. The van der Waals surface area contributed by atoms with Gasteiger partial charge in [0.25, 0.3) is 39.3 Å². The molecule has 0 unspecified atom stereocenters. The van der Waals surface area contributed by atoms with Gasteiger partial charge in [0.2, 0.25) is 0 Å². The molecule has 0 radical (unpaired) electrons. The molecule has 0 aliphatic carbocycles. The van der Waals surface area contributed by atoms with Gasteiger partial charge in [-0.25, -0.2) is 0 Å². The van der Waals surface area contributed by atoms with Gasteiger partial charge in [0.15, 0.2) is 0 Å². The van der Waals surface area contributed by atoms with Crippen molar-refractivity contribution in [2.45, 2.75) is 26.8 Å². The monoisotopic (exact) mass is 981 g/mol.